The lowest BCUT2D eigenvalue weighted by atomic mass is 9.33. The summed E-state index contributed by atoms with van der Waals surface area (Å²) < 4.78 is 6.18. The molecule has 54 heavy (non-hydrogen) atoms. The molecule has 0 radical (unpaired) electrons. The van der Waals surface area contributed by atoms with E-state index in [-0.39, 0.29) is 57.3 Å². The van der Waals surface area contributed by atoms with Gasteiger partial charge in [0.2, 0.25) is 0 Å². The summed E-state index contributed by atoms with van der Waals surface area (Å²) in [5.41, 5.74) is 1.52. The molecule has 8 heteroatoms. The Morgan fingerprint density at radius 2 is 1.57 bits per heavy atom. The zero-order chi connectivity index (χ0) is 39.4. The molecule has 0 heterocycles. The maximum Gasteiger partial charge on any atom is 0.309 e. The van der Waals surface area contributed by atoms with Crippen molar-refractivity contribution in [2.45, 2.75) is 157 Å². The van der Waals surface area contributed by atoms with E-state index in [2.05, 4.69) is 65.9 Å². The van der Waals surface area contributed by atoms with E-state index < -0.39 is 28.9 Å². The molecule has 1 aromatic rings. The first kappa shape index (κ1) is 40.0. The van der Waals surface area contributed by atoms with Gasteiger partial charge in [-0.05, 0) is 141 Å². The molecule has 5 saturated carbocycles. The summed E-state index contributed by atoms with van der Waals surface area (Å²) in [4.78, 5) is 39.0. The minimum atomic E-state index is -1.17. The number of benzene rings is 1. The minimum absolute atomic E-state index is 0.0163. The number of fused-ring (bicyclic) bond motifs is 7. The predicted octanol–water partition coefficient (Wildman–Crippen LogP) is 9.67. The summed E-state index contributed by atoms with van der Waals surface area (Å²) in [6, 6.07) is 8.08. The average Bonchev–Trinajstić information content (AvgIpc) is 3.80. The number of aliphatic carboxylic acids is 1. The van der Waals surface area contributed by atoms with Crippen LogP contribution in [-0.4, -0.2) is 46.7 Å². The van der Waals surface area contributed by atoms with Crippen molar-refractivity contribution in [2.75, 3.05) is 6.54 Å². The van der Waals surface area contributed by atoms with Crippen molar-refractivity contribution >= 4 is 29.3 Å². The number of rotatable bonds is 10. The molecule has 1 unspecified atom stereocenters. The van der Waals surface area contributed by atoms with Crippen LogP contribution >= 0.6 is 11.6 Å². The van der Waals surface area contributed by atoms with Crippen molar-refractivity contribution in [1.29, 1.82) is 0 Å². The van der Waals surface area contributed by atoms with Gasteiger partial charge in [-0.3, -0.25) is 14.4 Å². The van der Waals surface area contributed by atoms with Crippen LogP contribution in [0, 0.1) is 56.2 Å². The number of ether oxygens (including phenoxy) is 1. The molecule has 7 rings (SSSR count). The molecule has 298 valence electrons. The van der Waals surface area contributed by atoms with Gasteiger partial charge < -0.3 is 20.3 Å². The molecular weight excluding hydrogens is 698 g/mol. The number of aliphatic hydroxyl groups excluding tert-OH is 1. The molecule has 0 spiro atoms. The molecule has 0 bridgehead atoms. The Hall–Kier alpha value is -2.22. The number of aliphatic hydroxyl groups is 1. The molecule has 6 aliphatic carbocycles. The molecule has 0 aromatic heterocycles. The number of carbonyl (C=O) groups excluding carboxylic acids is 2. The number of carbonyl (C=O) groups is 3. The monoisotopic (exact) mass is 763 g/mol. The van der Waals surface area contributed by atoms with Gasteiger partial charge in [-0.25, -0.2) is 0 Å². The largest absolute Gasteiger partial charge is 0.481 e. The average molecular weight is 764 g/mol. The highest BCUT2D eigenvalue weighted by Gasteiger charge is 2.71. The molecule has 3 N–H and O–H groups in total. The zero-order valence-corrected chi connectivity index (χ0v) is 35.1. The van der Waals surface area contributed by atoms with Crippen LogP contribution in [0.2, 0.25) is 5.02 Å². The topological polar surface area (TPSA) is 113 Å². The highest BCUT2D eigenvalue weighted by molar-refractivity contribution is 6.30. The van der Waals surface area contributed by atoms with E-state index in [1.807, 2.05) is 12.1 Å². The van der Waals surface area contributed by atoms with E-state index in [1.165, 1.54) is 11.1 Å². The fourth-order valence-corrected chi connectivity index (χ4v) is 14.0. The number of halogens is 1. The maximum absolute atomic E-state index is 14.2. The minimum Gasteiger partial charge on any atom is -0.481 e. The molecule has 0 amide bonds. The van der Waals surface area contributed by atoms with Gasteiger partial charge in [-0.1, -0.05) is 77.8 Å². The van der Waals surface area contributed by atoms with Crippen LogP contribution in [0.25, 0.3) is 0 Å². The lowest BCUT2D eigenvalue weighted by Crippen LogP contribution is -2.66. The number of nitrogens with one attached hydrogen (secondary N) is 1. The number of esters is 1. The van der Waals surface area contributed by atoms with E-state index in [1.54, 1.807) is 13.8 Å². The van der Waals surface area contributed by atoms with Crippen molar-refractivity contribution in [1.82, 2.24) is 5.32 Å². The third-order valence-electron chi connectivity index (χ3n) is 17.3. The van der Waals surface area contributed by atoms with Crippen LogP contribution in [-0.2, 0) is 24.7 Å². The molecule has 9 atom stereocenters. The Morgan fingerprint density at radius 1 is 0.907 bits per heavy atom. The van der Waals surface area contributed by atoms with Gasteiger partial charge in [0.1, 0.15) is 6.10 Å². The summed E-state index contributed by atoms with van der Waals surface area (Å²) in [5, 5.41) is 26.5. The van der Waals surface area contributed by atoms with Crippen LogP contribution in [0.1, 0.15) is 145 Å². The Kier molecular flexibility index (Phi) is 9.75. The van der Waals surface area contributed by atoms with Gasteiger partial charge >= 0.3 is 11.9 Å². The lowest BCUT2D eigenvalue weighted by Gasteiger charge is -2.72. The van der Waals surface area contributed by atoms with Gasteiger partial charge in [0.05, 0.1) is 17.9 Å². The first-order valence-electron chi connectivity index (χ1n) is 21.0. The van der Waals surface area contributed by atoms with Gasteiger partial charge in [-0.2, -0.15) is 0 Å². The Morgan fingerprint density at radius 3 is 2.19 bits per heavy atom. The number of hydrogen-bond acceptors (Lipinski definition) is 6. The van der Waals surface area contributed by atoms with Crippen molar-refractivity contribution in [3.63, 3.8) is 0 Å². The fraction of sp³-hybridized carbons (Fsp3) is 0.761. The number of hydrogen-bond donors (Lipinski definition) is 3. The van der Waals surface area contributed by atoms with Crippen molar-refractivity contribution in [3.05, 3.63) is 46.0 Å². The van der Waals surface area contributed by atoms with Crippen LogP contribution in [0.3, 0.4) is 0 Å². The third-order valence-corrected chi connectivity index (χ3v) is 17.5. The molecule has 5 fully saturated rings. The lowest BCUT2D eigenvalue weighted by molar-refractivity contribution is -0.235. The molecule has 1 aromatic carbocycles. The summed E-state index contributed by atoms with van der Waals surface area (Å²) in [6.45, 7) is 20.1. The molecule has 7 nitrogen and oxygen atoms in total. The smallest absolute Gasteiger partial charge is 0.309 e. The van der Waals surface area contributed by atoms with Gasteiger partial charge in [-0.15, -0.1) is 0 Å². The second kappa shape index (κ2) is 13.2. The van der Waals surface area contributed by atoms with E-state index in [0.29, 0.717) is 24.8 Å². The first-order valence-corrected chi connectivity index (χ1v) is 21.4. The summed E-state index contributed by atoms with van der Waals surface area (Å²) >= 11 is 6.22. The van der Waals surface area contributed by atoms with Crippen molar-refractivity contribution in [3.8, 4) is 0 Å². The Bertz CT molecular complexity index is 1730. The van der Waals surface area contributed by atoms with E-state index in [0.717, 1.165) is 74.8 Å². The Balaban J connectivity index is 1.15. The number of carboxylic acid groups (broad SMARTS) is 1. The molecule has 0 saturated heterocycles. The zero-order valence-electron chi connectivity index (χ0n) is 34.4. The first-order chi connectivity index (χ1) is 25.1. The van der Waals surface area contributed by atoms with E-state index in [4.69, 9.17) is 16.3 Å². The number of allylic oxidation sites excluding steroid dienone is 1. The molecular formula is C46H66ClNO6. The normalized spacial score (nSPS) is 38.6. The quantitative estimate of drug-likeness (QED) is 0.204. The maximum atomic E-state index is 14.2. The second-order valence-electron chi connectivity index (χ2n) is 21.0. The predicted molar refractivity (Wildman–Crippen MR) is 212 cm³/mol. The third kappa shape index (κ3) is 5.89. The fourth-order valence-electron chi connectivity index (χ4n) is 13.9. The summed E-state index contributed by atoms with van der Waals surface area (Å²) in [5.74, 6) is 0.0483. The van der Waals surface area contributed by atoms with Crippen LogP contribution in [0.15, 0.2) is 35.4 Å². The Labute approximate surface area is 328 Å². The SMILES string of the molecule is CC(C)C1=C2[C@H]3CC[C@@H]4[C@@]5(C)CC[C@H](OC(=O)CC(C)(C)C(=O)O)C(C)(C)[C@@H]5CC[C@@]4(C)[C@]3(C)CCC2([C@H](O)CNC2(c3ccc(Cl)cc3)CC2)CC1=O. The number of ketones is 1. The van der Waals surface area contributed by atoms with Crippen molar-refractivity contribution in [2.24, 2.45) is 56.2 Å². The number of Topliss-reactive ketones (excluding diaryl/α,β-unsaturated/α-hetero) is 1. The van der Waals surface area contributed by atoms with E-state index in [9.17, 15) is 24.6 Å². The summed E-state index contributed by atoms with van der Waals surface area (Å²) in [7, 11) is 0. The van der Waals surface area contributed by atoms with Crippen LogP contribution in [0.4, 0.5) is 0 Å². The van der Waals surface area contributed by atoms with E-state index >= 15 is 0 Å². The second-order valence-corrected chi connectivity index (χ2v) is 21.5. The summed E-state index contributed by atoms with van der Waals surface area (Å²) in [6.07, 6.45) is 9.26. The standard InChI is InChI=1S/C46H66ClNO6/c1-27(2)37-31(49)24-45(34(50)26-48-46(22-23-46)28-10-12-29(47)13-11-28)21-20-43(8)30(38(37)45)14-15-33-42(7)18-17-35(54-36(51)25-40(3,4)39(52)53)41(5,6)32(42)16-19-44(33,43)9/h10-13,27,30,32-35,48,50H,14-26H2,1-9H3,(H,52,53)/t30-,32+,33-,34-,35+,42+,43-,44-,45?/m1/s1. The molecule has 6 aliphatic rings. The molecule has 0 aliphatic heterocycles. The van der Waals surface area contributed by atoms with Gasteiger partial charge in [0, 0.05) is 34.4 Å². The van der Waals surface area contributed by atoms with Gasteiger partial charge in [0.15, 0.2) is 5.78 Å². The van der Waals surface area contributed by atoms with Crippen LogP contribution < -0.4 is 5.32 Å². The van der Waals surface area contributed by atoms with Crippen LogP contribution in [0.5, 0.6) is 0 Å². The number of carboxylic acids is 1. The van der Waals surface area contributed by atoms with Gasteiger partial charge in [0.25, 0.3) is 0 Å². The van der Waals surface area contributed by atoms with Crippen molar-refractivity contribution < 1.29 is 29.3 Å². The highest BCUT2D eigenvalue weighted by atomic mass is 35.5. The highest BCUT2D eigenvalue weighted by Crippen LogP contribution is 2.77.